The quantitative estimate of drug-likeness (QED) is 0.532. The summed E-state index contributed by atoms with van der Waals surface area (Å²) in [6.07, 6.45) is 7.20. The molecule has 0 heterocycles. The van der Waals surface area contributed by atoms with Crippen molar-refractivity contribution in [3.63, 3.8) is 0 Å². The van der Waals surface area contributed by atoms with Gasteiger partial charge in [0.1, 0.15) is 0 Å². The van der Waals surface area contributed by atoms with Crippen molar-refractivity contribution in [3.05, 3.63) is 35.4 Å². The monoisotopic (exact) mass is 254 g/mol. The Hall–Kier alpha value is -0.490. The Bertz CT molecular complexity index is 296. The van der Waals surface area contributed by atoms with Crippen LogP contribution in [0.15, 0.2) is 35.4 Å². The van der Waals surface area contributed by atoms with Gasteiger partial charge in [0.05, 0.1) is 0 Å². The zero-order chi connectivity index (χ0) is 13.6. The average molecular weight is 255 g/mol. The summed E-state index contributed by atoms with van der Waals surface area (Å²) in [5.74, 6) is 1.20. The van der Waals surface area contributed by atoms with Crippen LogP contribution in [0.2, 0.25) is 0 Å². The highest BCUT2D eigenvalue weighted by molar-refractivity contribution is 6.29. The Balaban J connectivity index is 5.19. The summed E-state index contributed by atoms with van der Waals surface area (Å²) in [6, 6.07) is 0. The van der Waals surface area contributed by atoms with Gasteiger partial charge in [0.15, 0.2) is 0 Å². The third-order valence-electron chi connectivity index (χ3n) is 2.90. The predicted octanol–water partition coefficient (Wildman–Crippen LogP) is 5.95. The topological polar surface area (TPSA) is 0 Å². The van der Waals surface area contributed by atoms with Gasteiger partial charge in [0, 0.05) is 5.03 Å². The summed E-state index contributed by atoms with van der Waals surface area (Å²) in [4.78, 5) is 0. The zero-order valence-corrected chi connectivity index (χ0v) is 12.9. The number of hydrogen-bond acceptors (Lipinski definition) is 0. The molecule has 0 amide bonds. The van der Waals surface area contributed by atoms with Crippen LogP contribution in [0.25, 0.3) is 0 Å². The van der Waals surface area contributed by atoms with E-state index < -0.39 is 0 Å². The van der Waals surface area contributed by atoms with Crippen molar-refractivity contribution in [2.75, 3.05) is 0 Å². The molecule has 1 atom stereocenters. The molecule has 0 nitrogen and oxygen atoms in total. The molecule has 0 N–H and O–H groups in total. The van der Waals surface area contributed by atoms with Gasteiger partial charge >= 0.3 is 0 Å². The van der Waals surface area contributed by atoms with Crippen LogP contribution in [0.1, 0.15) is 48.0 Å². The largest absolute Gasteiger partial charge is 0.0988 e. The van der Waals surface area contributed by atoms with Gasteiger partial charge in [-0.15, -0.1) is 0 Å². The fourth-order valence-electron chi connectivity index (χ4n) is 2.00. The number of halogens is 1. The van der Waals surface area contributed by atoms with Gasteiger partial charge in [-0.2, -0.15) is 0 Å². The van der Waals surface area contributed by atoms with Gasteiger partial charge in [0.2, 0.25) is 0 Å². The highest BCUT2D eigenvalue weighted by Crippen LogP contribution is 2.37. The summed E-state index contributed by atoms with van der Waals surface area (Å²) < 4.78 is 0. The molecule has 0 aromatic heterocycles. The van der Waals surface area contributed by atoms with Gasteiger partial charge in [-0.1, -0.05) is 65.0 Å². The van der Waals surface area contributed by atoms with Crippen LogP contribution in [-0.2, 0) is 0 Å². The number of allylic oxidation sites excluding steroid dienone is 5. The summed E-state index contributed by atoms with van der Waals surface area (Å²) in [5.41, 5.74) is 1.53. The Morgan fingerprint density at radius 2 is 1.76 bits per heavy atom. The molecule has 0 spiro atoms. The van der Waals surface area contributed by atoms with E-state index in [1.807, 2.05) is 19.1 Å². The lowest BCUT2D eigenvalue weighted by molar-refractivity contribution is 0.245. The van der Waals surface area contributed by atoms with Gasteiger partial charge in [-0.05, 0) is 42.2 Å². The highest BCUT2D eigenvalue weighted by Gasteiger charge is 2.27. The maximum Gasteiger partial charge on any atom is 0.0150 e. The van der Waals surface area contributed by atoms with Crippen molar-refractivity contribution in [1.29, 1.82) is 0 Å². The van der Waals surface area contributed by atoms with Crippen molar-refractivity contribution in [2.45, 2.75) is 48.0 Å². The van der Waals surface area contributed by atoms with Crippen LogP contribution in [0.5, 0.6) is 0 Å². The van der Waals surface area contributed by atoms with Crippen LogP contribution in [-0.4, -0.2) is 0 Å². The molecule has 1 unspecified atom stereocenters. The number of rotatable bonds is 5. The summed E-state index contributed by atoms with van der Waals surface area (Å²) in [5, 5.41) is 0.807. The fourth-order valence-corrected chi connectivity index (χ4v) is 2.06. The molecule has 17 heavy (non-hydrogen) atoms. The van der Waals surface area contributed by atoms with E-state index in [1.165, 1.54) is 12.0 Å². The highest BCUT2D eigenvalue weighted by atomic mass is 35.5. The van der Waals surface area contributed by atoms with Gasteiger partial charge in [-0.25, -0.2) is 0 Å². The molecule has 0 aliphatic carbocycles. The first kappa shape index (κ1) is 16.5. The fraction of sp³-hybridized carbons (Fsp3) is 0.625. The molecule has 0 saturated heterocycles. The van der Waals surface area contributed by atoms with Crippen molar-refractivity contribution < 1.29 is 0 Å². The van der Waals surface area contributed by atoms with Crippen LogP contribution < -0.4 is 0 Å². The second-order valence-corrected chi connectivity index (χ2v) is 6.77. The third-order valence-corrected chi connectivity index (χ3v) is 3.02. The SMILES string of the molecule is C=CC(=CC=C(C)Cl)C(CC(C)C)C(C)(C)C. The molecule has 0 aliphatic rings. The average Bonchev–Trinajstić information content (AvgIpc) is 2.14. The Kier molecular flexibility index (Phi) is 6.85. The summed E-state index contributed by atoms with van der Waals surface area (Å²) in [6.45, 7) is 17.2. The maximum atomic E-state index is 5.89. The molecule has 0 aliphatic heterocycles. The van der Waals surface area contributed by atoms with E-state index in [1.54, 1.807) is 0 Å². The van der Waals surface area contributed by atoms with Gasteiger partial charge < -0.3 is 0 Å². The molecule has 98 valence electrons. The van der Waals surface area contributed by atoms with E-state index in [0.717, 1.165) is 5.03 Å². The predicted molar refractivity (Wildman–Crippen MR) is 80.3 cm³/mol. The van der Waals surface area contributed by atoms with Crippen molar-refractivity contribution in [3.8, 4) is 0 Å². The van der Waals surface area contributed by atoms with Gasteiger partial charge in [-0.3, -0.25) is 0 Å². The van der Waals surface area contributed by atoms with Crippen molar-refractivity contribution >= 4 is 11.6 Å². The molecule has 0 aromatic rings. The first-order chi connectivity index (χ1) is 7.68. The molecule has 0 aromatic carbocycles. The minimum Gasteiger partial charge on any atom is -0.0988 e. The van der Waals surface area contributed by atoms with E-state index in [-0.39, 0.29) is 5.41 Å². The molecular formula is C16H27Cl. The van der Waals surface area contributed by atoms with Crippen LogP contribution in [0.3, 0.4) is 0 Å². The van der Waals surface area contributed by atoms with Crippen LogP contribution >= 0.6 is 11.6 Å². The van der Waals surface area contributed by atoms with Crippen molar-refractivity contribution in [1.82, 2.24) is 0 Å². The lowest BCUT2D eigenvalue weighted by Gasteiger charge is -2.33. The molecule has 0 rings (SSSR count). The molecular weight excluding hydrogens is 228 g/mol. The van der Waals surface area contributed by atoms with E-state index in [0.29, 0.717) is 11.8 Å². The summed E-state index contributed by atoms with van der Waals surface area (Å²) in [7, 11) is 0. The smallest absolute Gasteiger partial charge is 0.0150 e. The lowest BCUT2D eigenvalue weighted by atomic mass is 9.72. The molecule has 0 radical (unpaired) electrons. The second kappa shape index (κ2) is 7.06. The third kappa shape index (κ3) is 6.73. The van der Waals surface area contributed by atoms with E-state index in [2.05, 4.69) is 47.3 Å². The number of hydrogen-bond donors (Lipinski definition) is 0. The standard InChI is InChI=1S/C16H27Cl/c1-8-14(10-9-13(4)17)15(11-12(2)3)16(5,6)7/h8-10,12,15H,1,11H2,2-7H3. The van der Waals surface area contributed by atoms with E-state index in [9.17, 15) is 0 Å². The molecule has 0 saturated carbocycles. The lowest BCUT2D eigenvalue weighted by Crippen LogP contribution is -2.23. The van der Waals surface area contributed by atoms with Crippen LogP contribution in [0, 0.1) is 17.3 Å². The van der Waals surface area contributed by atoms with Crippen molar-refractivity contribution in [2.24, 2.45) is 17.3 Å². The van der Waals surface area contributed by atoms with E-state index in [4.69, 9.17) is 11.6 Å². The Labute approximate surface area is 112 Å². The maximum absolute atomic E-state index is 5.89. The molecule has 0 bridgehead atoms. The van der Waals surface area contributed by atoms with Crippen LogP contribution in [0.4, 0.5) is 0 Å². The molecule has 0 fully saturated rings. The Morgan fingerprint density at radius 3 is 2.06 bits per heavy atom. The second-order valence-electron chi connectivity index (χ2n) is 6.17. The normalized spacial score (nSPS) is 16.2. The molecule has 1 heteroatoms. The first-order valence-corrected chi connectivity index (χ1v) is 6.72. The summed E-state index contributed by atoms with van der Waals surface area (Å²) >= 11 is 5.89. The van der Waals surface area contributed by atoms with E-state index >= 15 is 0 Å². The Morgan fingerprint density at radius 1 is 1.24 bits per heavy atom. The minimum atomic E-state index is 0.248. The van der Waals surface area contributed by atoms with Gasteiger partial charge in [0.25, 0.3) is 0 Å². The minimum absolute atomic E-state index is 0.248. The zero-order valence-electron chi connectivity index (χ0n) is 12.2. The first-order valence-electron chi connectivity index (χ1n) is 6.35.